The van der Waals surface area contributed by atoms with Gasteiger partial charge in [-0.15, -0.1) is 0 Å². The molecule has 0 radical (unpaired) electrons. The number of carbonyl (C=O) groups excluding carboxylic acids is 1. The molecule has 1 aliphatic heterocycles. The molecule has 4 rings (SSSR count). The highest BCUT2D eigenvalue weighted by Gasteiger charge is 2.23. The van der Waals surface area contributed by atoms with Crippen molar-refractivity contribution in [1.82, 2.24) is 9.47 Å². The summed E-state index contributed by atoms with van der Waals surface area (Å²) in [5.74, 6) is 0.657. The SMILES string of the molecule is COc1ccc2c(c1)c(CN1CCOCC1)c(C)n2C(=O)c1ccccc1Cl. The minimum absolute atomic E-state index is 0.119. The molecule has 0 saturated carbocycles. The summed E-state index contributed by atoms with van der Waals surface area (Å²) in [6, 6.07) is 13.0. The maximum atomic E-state index is 13.4. The fourth-order valence-corrected chi connectivity index (χ4v) is 4.01. The standard InChI is InChI=1S/C22H23ClN2O3/c1-15-19(14-24-9-11-28-12-10-24)18-13-16(27-2)7-8-21(18)25(15)22(26)17-5-3-4-6-20(17)23/h3-8,13H,9-12,14H2,1-2H3. The highest BCUT2D eigenvalue weighted by molar-refractivity contribution is 6.34. The van der Waals surface area contributed by atoms with Crippen molar-refractivity contribution >= 4 is 28.4 Å². The van der Waals surface area contributed by atoms with Crippen molar-refractivity contribution in [2.24, 2.45) is 0 Å². The lowest BCUT2D eigenvalue weighted by atomic mass is 10.1. The summed E-state index contributed by atoms with van der Waals surface area (Å²) in [4.78, 5) is 15.7. The van der Waals surface area contributed by atoms with Crippen molar-refractivity contribution in [1.29, 1.82) is 0 Å². The quantitative estimate of drug-likeness (QED) is 0.662. The molecule has 0 atom stereocenters. The van der Waals surface area contributed by atoms with E-state index >= 15 is 0 Å². The van der Waals surface area contributed by atoms with Gasteiger partial charge < -0.3 is 9.47 Å². The van der Waals surface area contributed by atoms with Gasteiger partial charge in [-0.05, 0) is 42.8 Å². The third-order valence-corrected chi connectivity index (χ3v) is 5.66. The lowest BCUT2D eigenvalue weighted by molar-refractivity contribution is 0.0342. The van der Waals surface area contributed by atoms with Crippen LogP contribution in [0.5, 0.6) is 5.75 Å². The average Bonchev–Trinajstić information content (AvgIpc) is 2.99. The summed E-state index contributed by atoms with van der Waals surface area (Å²) in [5.41, 5.74) is 3.43. The zero-order valence-electron chi connectivity index (χ0n) is 16.1. The second-order valence-corrected chi connectivity index (χ2v) is 7.36. The van der Waals surface area contributed by atoms with Crippen LogP contribution in [0.2, 0.25) is 5.02 Å². The molecule has 2 heterocycles. The molecule has 0 spiro atoms. The Morgan fingerprint density at radius 2 is 1.93 bits per heavy atom. The van der Waals surface area contributed by atoms with E-state index < -0.39 is 0 Å². The number of hydrogen-bond acceptors (Lipinski definition) is 4. The van der Waals surface area contributed by atoms with E-state index in [4.69, 9.17) is 21.1 Å². The van der Waals surface area contributed by atoms with Gasteiger partial charge in [0.1, 0.15) is 5.75 Å². The van der Waals surface area contributed by atoms with Gasteiger partial charge in [0.25, 0.3) is 5.91 Å². The zero-order valence-corrected chi connectivity index (χ0v) is 16.8. The van der Waals surface area contributed by atoms with Crippen molar-refractivity contribution in [3.05, 3.63) is 64.3 Å². The zero-order chi connectivity index (χ0) is 19.7. The number of aromatic nitrogens is 1. The first-order chi connectivity index (χ1) is 13.6. The minimum Gasteiger partial charge on any atom is -0.497 e. The molecule has 0 amide bonds. The van der Waals surface area contributed by atoms with Crippen molar-refractivity contribution in [3.63, 3.8) is 0 Å². The molecular formula is C22H23ClN2O3. The fourth-order valence-electron chi connectivity index (χ4n) is 3.79. The Bertz CT molecular complexity index is 1020. The largest absolute Gasteiger partial charge is 0.497 e. The molecule has 1 saturated heterocycles. The van der Waals surface area contributed by atoms with E-state index in [1.54, 1.807) is 23.8 Å². The first-order valence-corrected chi connectivity index (χ1v) is 9.75. The van der Waals surface area contributed by atoms with E-state index in [1.807, 2.05) is 37.3 Å². The molecule has 1 aromatic heterocycles. The minimum atomic E-state index is -0.119. The normalized spacial score (nSPS) is 15.1. The first kappa shape index (κ1) is 19.0. The van der Waals surface area contributed by atoms with Crippen molar-refractivity contribution in [3.8, 4) is 5.75 Å². The van der Waals surface area contributed by atoms with Gasteiger partial charge in [0.2, 0.25) is 0 Å². The van der Waals surface area contributed by atoms with Gasteiger partial charge in [0.15, 0.2) is 0 Å². The predicted molar refractivity (Wildman–Crippen MR) is 111 cm³/mol. The molecule has 5 nitrogen and oxygen atoms in total. The van der Waals surface area contributed by atoms with Crippen LogP contribution >= 0.6 is 11.6 Å². The summed E-state index contributed by atoms with van der Waals surface area (Å²) in [7, 11) is 1.65. The van der Waals surface area contributed by atoms with E-state index in [1.165, 1.54) is 0 Å². The number of morpholine rings is 1. The molecule has 28 heavy (non-hydrogen) atoms. The number of halogens is 1. The van der Waals surface area contributed by atoms with Crippen LogP contribution in [-0.4, -0.2) is 48.8 Å². The second kappa shape index (κ2) is 7.95. The highest BCUT2D eigenvalue weighted by atomic mass is 35.5. The molecule has 2 aromatic carbocycles. The Hall–Kier alpha value is -2.34. The van der Waals surface area contributed by atoms with Crippen LogP contribution in [0.25, 0.3) is 10.9 Å². The van der Waals surface area contributed by atoms with Gasteiger partial charge in [-0.25, -0.2) is 0 Å². The van der Waals surface area contributed by atoms with E-state index in [2.05, 4.69) is 4.90 Å². The maximum Gasteiger partial charge on any atom is 0.264 e. The van der Waals surface area contributed by atoms with Crippen LogP contribution in [0.3, 0.4) is 0 Å². The number of hydrogen-bond donors (Lipinski definition) is 0. The van der Waals surface area contributed by atoms with Crippen LogP contribution < -0.4 is 4.74 Å². The smallest absolute Gasteiger partial charge is 0.264 e. The lowest BCUT2D eigenvalue weighted by Crippen LogP contribution is -2.35. The fraction of sp³-hybridized carbons (Fsp3) is 0.318. The van der Waals surface area contributed by atoms with Crippen LogP contribution in [0.4, 0.5) is 0 Å². The van der Waals surface area contributed by atoms with Gasteiger partial charge in [-0.3, -0.25) is 14.3 Å². The number of nitrogens with zero attached hydrogens (tertiary/aromatic N) is 2. The number of rotatable bonds is 4. The van der Waals surface area contributed by atoms with Gasteiger partial charge in [-0.2, -0.15) is 0 Å². The number of methoxy groups -OCH3 is 1. The van der Waals surface area contributed by atoms with Crippen LogP contribution in [0.15, 0.2) is 42.5 Å². The average molecular weight is 399 g/mol. The van der Waals surface area contributed by atoms with E-state index in [9.17, 15) is 4.79 Å². The van der Waals surface area contributed by atoms with E-state index in [0.717, 1.165) is 60.8 Å². The third kappa shape index (κ3) is 3.41. The third-order valence-electron chi connectivity index (χ3n) is 5.33. The Morgan fingerprint density at radius 3 is 2.64 bits per heavy atom. The van der Waals surface area contributed by atoms with Crippen molar-refractivity contribution in [2.75, 3.05) is 33.4 Å². The molecule has 0 unspecified atom stereocenters. The number of ether oxygens (including phenoxy) is 2. The molecule has 3 aromatic rings. The molecular weight excluding hydrogens is 376 g/mol. The monoisotopic (exact) mass is 398 g/mol. The van der Waals surface area contributed by atoms with Gasteiger partial charge in [-0.1, -0.05) is 23.7 Å². The Balaban J connectivity index is 1.85. The number of carbonyl (C=O) groups is 1. The molecule has 0 aliphatic carbocycles. The Morgan fingerprint density at radius 1 is 1.18 bits per heavy atom. The summed E-state index contributed by atoms with van der Waals surface area (Å²) >= 11 is 6.31. The van der Waals surface area contributed by atoms with Gasteiger partial charge >= 0.3 is 0 Å². The van der Waals surface area contributed by atoms with Gasteiger partial charge in [0, 0.05) is 30.7 Å². The Kier molecular flexibility index (Phi) is 5.40. The van der Waals surface area contributed by atoms with Crippen LogP contribution in [0.1, 0.15) is 21.6 Å². The Labute approximate surface area is 169 Å². The first-order valence-electron chi connectivity index (χ1n) is 9.37. The van der Waals surface area contributed by atoms with E-state index in [0.29, 0.717) is 10.6 Å². The molecule has 0 N–H and O–H groups in total. The number of fused-ring (bicyclic) bond motifs is 1. The van der Waals surface area contributed by atoms with Crippen molar-refractivity contribution in [2.45, 2.75) is 13.5 Å². The topological polar surface area (TPSA) is 43.7 Å². The summed E-state index contributed by atoms with van der Waals surface area (Å²) in [5, 5.41) is 1.49. The van der Waals surface area contributed by atoms with E-state index in [-0.39, 0.29) is 5.91 Å². The maximum absolute atomic E-state index is 13.4. The highest BCUT2D eigenvalue weighted by Crippen LogP contribution is 2.32. The second-order valence-electron chi connectivity index (χ2n) is 6.96. The summed E-state index contributed by atoms with van der Waals surface area (Å²) in [6.07, 6.45) is 0. The lowest BCUT2D eigenvalue weighted by Gasteiger charge is -2.26. The van der Waals surface area contributed by atoms with Crippen LogP contribution in [0, 0.1) is 6.92 Å². The van der Waals surface area contributed by atoms with Gasteiger partial charge in [0.05, 0.1) is 36.4 Å². The summed E-state index contributed by atoms with van der Waals surface area (Å²) < 4.78 is 12.7. The van der Waals surface area contributed by atoms with Crippen molar-refractivity contribution < 1.29 is 14.3 Å². The summed E-state index contributed by atoms with van der Waals surface area (Å²) in [6.45, 7) is 6.00. The molecule has 1 aliphatic rings. The molecule has 0 bridgehead atoms. The van der Waals surface area contributed by atoms with Crippen LogP contribution in [-0.2, 0) is 11.3 Å². The molecule has 6 heteroatoms. The molecule has 1 fully saturated rings. The number of benzene rings is 2. The molecule has 146 valence electrons. The predicted octanol–water partition coefficient (Wildman–Crippen LogP) is 4.13.